The fraction of sp³-hybridized carbons (Fsp3) is 0.222. The first-order valence-electron chi connectivity index (χ1n) is 4.26. The van der Waals surface area contributed by atoms with Crippen molar-refractivity contribution in [2.24, 2.45) is 0 Å². The number of nitro groups is 1. The number of rotatable bonds is 4. The molecule has 0 aliphatic carbocycles. The number of carbonyl (C=O) groups excluding carboxylic acids is 1. The van der Waals surface area contributed by atoms with Crippen LogP contribution < -0.4 is 4.74 Å². The van der Waals surface area contributed by atoms with Crippen LogP contribution in [0.25, 0.3) is 0 Å². The molecule has 0 bridgehead atoms. The van der Waals surface area contributed by atoms with E-state index in [0.717, 1.165) is 19.1 Å². The number of ether oxygens (including phenoxy) is 1. The SMILES string of the molecule is CC(=O)c1cc([N+](=O)[O-])cc(I)c1OC(F)F. The lowest BCUT2D eigenvalue weighted by Gasteiger charge is -2.10. The highest BCUT2D eigenvalue weighted by atomic mass is 127. The average molecular weight is 357 g/mol. The lowest BCUT2D eigenvalue weighted by atomic mass is 10.1. The van der Waals surface area contributed by atoms with Crippen molar-refractivity contribution in [3.8, 4) is 5.75 Å². The van der Waals surface area contributed by atoms with Gasteiger partial charge in [-0.1, -0.05) is 0 Å². The molecule has 17 heavy (non-hydrogen) atoms. The van der Waals surface area contributed by atoms with Gasteiger partial charge in [0.25, 0.3) is 5.69 Å². The number of hydrogen-bond donors (Lipinski definition) is 0. The van der Waals surface area contributed by atoms with Crippen molar-refractivity contribution in [3.63, 3.8) is 0 Å². The molecule has 0 aliphatic rings. The number of nitrogens with zero attached hydrogens (tertiary/aromatic N) is 1. The molecule has 0 spiro atoms. The number of alkyl halides is 2. The van der Waals surface area contributed by atoms with E-state index in [1.807, 2.05) is 0 Å². The van der Waals surface area contributed by atoms with Gasteiger partial charge in [-0.2, -0.15) is 8.78 Å². The first-order valence-corrected chi connectivity index (χ1v) is 5.34. The second-order valence-corrected chi connectivity index (χ2v) is 4.16. The van der Waals surface area contributed by atoms with Crippen LogP contribution in [0.4, 0.5) is 14.5 Å². The molecule has 0 aromatic heterocycles. The van der Waals surface area contributed by atoms with Crippen LogP contribution in [0.15, 0.2) is 12.1 Å². The molecule has 0 radical (unpaired) electrons. The van der Waals surface area contributed by atoms with Crippen molar-refractivity contribution < 1.29 is 23.2 Å². The summed E-state index contributed by atoms with van der Waals surface area (Å²) < 4.78 is 28.5. The Balaban J connectivity index is 3.38. The van der Waals surface area contributed by atoms with Crippen LogP contribution in [0.1, 0.15) is 17.3 Å². The first kappa shape index (κ1) is 13.7. The Bertz CT molecular complexity index is 478. The third-order valence-electron chi connectivity index (χ3n) is 1.83. The summed E-state index contributed by atoms with van der Waals surface area (Å²) in [5, 5.41) is 10.6. The molecule has 5 nitrogen and oxygen atoms in total. The Morgan fingerprint density at radius 3 is 2.53 bits per heavy atom. The van der Waals surface area contributed by atoms with Gasteiger partial charge in [0.15, 0.2) is 11.5 Å². The van der Waals surface area contributed by atoms with E-state index in [1.165, 1.54) is 0 Å². The molecule has 1 aromatic rings. The number of ketones is 1. The molecule has 0 saturated carbocycles. The zero-order valence-electron chi connectivity index (χ0n) is 8.45. The third kappa shape index (κ3) is 3.32. The van der Waals surface area contributed by atoms with Crippen LogP contribution in [-0.4, -0.2) is 17.3 Å². The molecule has 0 N–H and O–H groups in total. The van der Waals surface area contributed by atoms with E-state index in [2.05, 4.69) is 4.74 Å². The summed E-state index contributed by atoms with van der Waals surface area (Å²) in [6, 6.07) is 1.98. The third-order valence-corrected chi connectivity index (χ3v) is 2.63. The van der Waals surface area contributed by atoms with Gasteiger partial charge < -0.3 is 4.74 Å². The molecule has 1 aromatic carbocycles. The van der Waals surface area contributed by atoms with Gasteiger partial charge in [0.2, 0.25) is 0 Å². The number of hydrogen-bond acceptors (Lipinski definition) is 4. The fourth-order valence-corrected chi connectivity index (χ4v) is 1.89. The maximum absolute atomic E-state index is 12.1. The predicted molar refractivity (Wildman–Crippen MR) is 62.4 cm³/mol. The highest BCUT2D eigenvalue weighted by Crippen LogP contribution is 2.32. The van der Waals surface area contributed by atoms with Gasteiger partial charge in [-0.3, -0.25) is 14.9 Å². The minimum Gasteiger partial charge on any atom is -0.433 e. The van der Waals surface area contributed by atoms with Gasteiger partial charge >= 0.3 is 6.61 Å². The number of non-ortho nitro benzene ring substituents is 1. The number of halogens is 3. The Morgan fingerprint density at radius 2 is 2.12 bits per heavy atom. The zero-order valence-corrected chi connectivity index (χ0v) is 10.6. The molecule has 0 fully saturated rings. The number of carbonyl (C=O) groups is 1. The minimum absolute atomic E-state index is 0.0855. The normalized spacial score (nSPS) is 10.4. The Hall–Kier alpha value is -1.32. The molecule has 92 valence electrons. The highest BCUT2D eigenvalue weighted by Gasteiger charge is 2.21. The number of benzene rings is 1. The Morgan fingerprint density at radius 1 is 1.53 bits per heavy atom. The second kappa shape index (κ2) is 5.34. The summed E-state index contributed by atoms with van der Waals surface area (Å²) in [5.74, 6) is -0.916. The van der Waals surface area contributed by atoms with Crippen LogP contribution in [0.5, 0.6) is 5.75 Å². The van der Waals surface area contributed by atoms with Gasteiger partial charge in [0.05, 0.1) is 14.1 Å². The minimum atomic E-state index is -3.09. The lowest BCUT2D eigenvalue weighted by Crippen LogP contribution is -2.09. The zero-order chi connectivity index (χ0) is 13.2. The van der Waals surface area contributed by atoms with E-state index in [0.29, 0.717) is 0 Å². The molecular weight excluding hydrogens is 351 g/mol. The molecule has 0 heterocycles. The summed E-state index contributed by atoms with van der Waals surface area (Å²) in [7, 11) is 0. The predicted octanol–water partition coefficient (Wildman–Crippen LogP) is 3.00. The van der Waals surface area contributed by atoms with E-state index < -0.39 is 17.3 Å². The van der Waals surface area contributed by atoms with Crippen LogP contribution in [0.2, 0.25) is 0 Å². The van der Waals surface area contributed by atoms with Crippen LogP contribution in [-0.2, 0) is 0 Å². The molecule has 0 unspecified atom stereocenters. The molecule has 0 atom stereocenters. The highest BCUT2D eigenvalue weighted by molar-refractivity contribution is 14.1. The van der Waals surface area contributed by atoms with Crippen molar-refractivity contribution in [2.45, 2.75) is 13.5 Å². The second-order valence-electron chi connectivity index (χ2n) is 3.00. The van der Waals surface area contributed by atoms with Gasteiger partial charge in [0.1, 0.15) is 0 Å². The quantitative estimate of drug-likeness (QED) is 0.360. The number of nitro benzene ring substituents is 1. The molecule has 0 amide bonds. The Kier molecular flexibility index (Phi) is 4.32. The van der Waals surface area contributed by atoms with Gasteiger partial charge in [-0.05, 0) is 29.5 Å². The van der Waals surface area contributed by atoms with Crippen LogP contribution in [0.3, 0.4) is 0 Å². The Labute approximate surface area is 108 Å². The smallest absolute Gasteiger partial charge is 0.387 e. The summed E-state index contributed by atoms with van der Waals surface area (Å²) in [6.07, 6.45) is 0. The van der Waals surface area contributed by atoms with Crippen molar-refractivity contribution in [1.82, 2.24) is 0 Å². The maximum atomic E-state index is 12.1. The van der Waals surface area contributed by atoms with E-state index >= 15 is 0 Å². The van der Waals surface area contributed by atoms with Gasteiger partial charge in [0, 0.05) is 12.1 Å². The topological polar surface area (TPSA) is 69.4 Å². The monoisotopic (exact) mass is 357 g/mol. The summed E-state index contributed by atoms with van der Waals surface area (Å²) >= 11 is 1.60. The van der Waals surface area contributed by atoms with Crippen LogP contribution in [0, 0.1) is 13.7 Å². The van der Waals surface area contributed by atoms with Crippen molar-refractivity contribution in [2.75, 3.05) is 0 Å². The summed E-state index contributed by atoms with van der Waals surface area (Å²) in [6.45, 7) is -1.98. The fourth-order valence-electron chi connectivity index (χ4n) is 1.15. The van der Waals surface area contributed by atoms with E-state index in [9.17, 15) is 23.7 Å². The van der Waals surface area contributed by atoms with Crippen molar-refractivity contribution in [3.05, 3.63) is 31.4 Å². The summed E-state index contributed by atoms with van der Waals surface area (Å²) in [4.78, 5) is 21.1. The average Bonchev–Trinajstić information content (AvgIpc) is 2.19. The number of Topliss-reactive ketones (excluding diaryl/α,β-unsaturated/α-hetero) is 1. The first-order chi connectivity index (χ1) is 7.82. The molecule has 0 aliphatic heterocycles. The van der Waals surface area contributed by atoms with Crippen molar-refractivity contribution >= 4 is 34.1 Å². The van der Waals surface area contributed by atoms with Crippen molar-refractivity contribution in [1.29, 1.82) is 0 Å². The van der Waals surface area contributed by atoms with Gasteiger partial charge in [-0.25, -0.2) is 0 Å². The lowest BCUT2D eigenvalue weighted by molar-refractivity contribution is -0.385. The largest absolute Gasteiger partial charge is 0.433 e. The summed E-state index contributed by atoms with van der Waals surface area (Å²) in [5.41, 5.74) is -0.579. The standard InChI is InChI=1S/C9H6F2INO4/c1-4(14)6-2-5(13(15)16)3-7(12)8(6)17-9(10)11/h2-3,9H,1H3. The van der Waals surface area contributed by atoms with E-state index in [-0.39, 0.29) is 20.6 Å². The molecule has 8 heteroatoms. The van der Waals surface area contributed by atoms with Crippen LogP contribution >= 0.6 is 22.6 Å². The molecule has 1 rings (SSSR count). The maximum Gasteiger partial charge on any atom is 0.387 e. The van der Waals surface area contributed by atoms with E-state index in [4.69, 9.17) is 0 Å². The molecular formula is C9H6F2INO4. The molecule has 0 saturated heterocycles. The van der Waals surface area contributed by atoms with E-state index in [1.54, 1.807) is 22.6 Å². The van der Waals surface area contributed by atoms with Gasteiger partial charge in [-0.15, -0.1) is 0 Å².